The number of nitrogens with two attached hydrogens (primary N) is 1. The number of anilines is 1. The molecule has 0 aliphatic rings. The van der Waals surface area contributed by atoms with Gasteiger partial charge in [-0.3, -0.25) is 0 Å². The van der Waals surface area contributed by atoms with Crippen LogP contribution < -0.4 is 5.73 Å². The summed E-state index contributed by atoms with van der Waals surface area (Å²) in [6, 6.07) is 5.79. The van der Waals surface area contributed by atoms with Gasteiger partial charge in [0.05, 0.1) is 15.4 Å². The van der Waals surface area contributed by atoms with E-state index < -0.39 is 0 Å². The lowest BCUT2D eigenvalue weighted by Gasteiger charge is -1.88. The highest BCUT2D eigenvalue weighted by molar-refractivity contribution is 7.14. The van der Waals surface area contributed by atoms with Crippen molar-refractivity contribution in [2.75, 3.05) is 5.73 Å². The van der Waals surface area contributed by atoms with E-state index in [1.165, 1.54) is 11.3 Å². The first kappa shape index (κ1) is 9.56. The molecule has 3 aromatic rings. The number of nitrogen functional groups attached to an aromatic ring is 1. The Kier molecular flexibility index (Phi) is 2.23. The normalized spacial score (nSPS) is 10.8. The van der Waals surface area contributed by atoms with Gasteiger partial charge in [-0.1, -0.05) is 11.2 Å². The van der Waals surface area contributed by atoms with Crippen molar-refractivity contribution in [2.45, 2.75) is 0 Å². The molecule has 3 heterocycles. The molecule has 0 saturated heterocycles. The molecular formula is C10H7N3OS2. The molecule has 3 aromatic heterocycles. The molecule has 0 saturated carbocycles. The molecule has 0 amide bonds. The Bertz CT molecular complexity index is 597. The maximum Gasteiger partial charge on any atom is 0.261 e. The molecule has 0 aliphatic carbocycles. The lowest BCUT2D eigenvalue weighted by atomic mass is 10.3. The van der Waals surface area contributed by atoms with E-state index in [1.54, 1.807) is 11.3 Å². The number of rotatable bonds is 2. The predicted octanol–water partition coefficient (Wildman–Crippen LogP) is 3.11. The van der Waals surface area contributed by atoms with E-state index in [-0.39, 0.29) is 0 Å². The van der Waals surface area contributed by atoms with E-state index in [1.807, 2.05) is 29.0 Å². The fourth-order valence-corrected chi connectivity index (χ4v) is 2.62. The number of thiophene rings is 2. The zero-order valence-corrected chi connectivity index (χ0v) is 9.72. The average molecular weight is 249 g/mol. The molecule has 0 radical (unpaired) electrons. The third-order valence-corrected chi connectivity index (χ3v) is 3.70. The van der Waals surface area contributed by atoms with Crippen LogP contribution in [-0.2, 0) is 0 Å². The first-order valence-electron chi connectivity index (χ1n) is 4.55. The van der Waals surface area contributed by atoms with Gasteiger partial charge in [-0.05, 0) is 22.9 Å². The summed E-state index contributed by atoms with van der Waals surface area (Å²) in [5.74, 6) is 1.08. The average Bonchev–Trinajstić information content (AvgIpc) is 2.96. The quantitative estimate of drug-likeness (QED) is 0.758. The van der Waals surface area contributed by atoms with Gasteiger partial charge in [0.25, 0.3) is 5.89 Å². The van der Waals surface area contributed by atoms with Crippen LogP contribution in [0.1, 0.15) is 0 Å². The third kappa shape index (κ3) is 1.52. The maximum absolute atomic E-state index is 5.79. The highest BCUT2D eigenvalue weighted by Gasteiger charge is 2.13. The summed E-state index contributed by atoms with van der Waals surface area (Å²) in [5, 5.41) is 8.50. The molecule has 0 bridgehead atoms. The molecule has 2 N–H and O–H groups in total. The molecular weight excluding hydrogens is 242 g/mol. The molecule has 0 aromatic carbocycles. The van der Waals surface area contributed by atoms with Crippen molar-refractivity contribution in [3.05, 3.63) is 29.0 Å². The van der Waals surface area contributed by atoms with Crippen LogP contribution in [0.3, 0.4) is 0 Å². The maximum atomic E-state index is 5.79. The first-order chi connectivity index (χ1) is 7.84. The van der Waals surface area contributed by atoms with Crippen molar-refractivity contribution < 1.29 is 4.52 Å². The molecule has 0 atom stereocenters. The minimum Gasteiger partial charge on any atom is -0.390 e. The topological polar surface area (TPSA) is 64.9 Å². The molecule has 3 rings (SSSR count). The standard InChI is InChI=1S/C10H7N3OS2/c11-8-6(3-5-16-8)10-12-9(13-14-10)7-2-1-4-15-7/h1-5H,11H2. The van der Waals surface area contributed by atoms with Gasteiger partial charge in [0.15, 0.2) is 0 Å². The lowest BCUT2D eigenvalue weighted by Crippen LogP contribution is -1.83. The summed E-state index contributed by atoms with van der Waals surface area (Å²) in [6.45, 7) is 0. The van der Waals surface area contributed by atoms with Gasteiger partial charge in [0, 0.05) is 0 Å². The monoisotopic (exact) mass is 249 g/mol. The Labute approximate surface area is 99.4 Å². The van der Waals surface area contributed by atoms with Gasteiger partial charge in [-0.25, -0.2) is 0 Å². The second kappa shape index (κ2) is 3.73. The Morgan fingerprint density at radius 2 is 2.12 bits per heavy atom. The van der Waals surface area contributed by atoms with Gasteiger partial charge in [-0.15, -0.1) is 22.7 Å². The molecule has 4 nitrogen and oxygen atoms in total. The van der Waals surface area contributed by atoms with Crippen LogP contribution >= 0.6 is 22.7 Å². The molecule has 16 heavy (non-hydrogen) atoms. The van der Waals surface area contributed by atoms with E-state index in [4.69, 9.17) is 10.3 Å². The van der Waals surface area contributed by atoms with E-state index in [2.05, 4.69) is 10.1 Å². The fraction of sp³-hybridized carbons (Fsp3) is 0. The van der Waals surface area contributed by atoms with Crippen LogP contribution in [-0.4, -0.2) is 10.1 Å². The van der Waals surface area contributed by atoms with Crippen LogP contribution in [0.2, 0.25) is 0 Å². The summed E-state index contributed by atoms with van der Waals surface area (Å²) in [6.07, 6.45) is 0. The van der Waals surface area contributed by atoms with Crippen LogP contribution in [0.25, 0.3) is 22.2 Å². The van der Waals surface area contributed by atoms with Gasteiger partial charge >= 0.3 is 0 Å². The van der Waals surface area contributed by atoms with Crippen LogP contribution in [0, 0.1) is 0 Å². The van der Waals surface area contributed by atoms with Crippen molar-refractivity contribution in [1.29, 1.82) is 0 Å². The molecule has 6 heteroatoms. The smallest absolute Gasteiger partial charge is 0.261 e. The number of nitrogens with zero attached hydrogens (tertiary/aromatic N) is 2. The highest BCUT2D eigenvalue weighted by atomic mass is 32.1. The van der Waals surface area contributed by atoms with Gasteiger partial charge in [-0.2, -0.15) is 4.98 Å². The predicted molar refractivity (Wildman–Crippen MR) is 65.3 cm³/mol. The van der Waals surface area contributed by atoms with Crippen molar-refractivity contribution >= 4 is 27.7 Å². The number of hydrogen-bond acceptors (Lipinski definition) is 6. The summed E-state index contributed by atoms with van der Waals surface area (Å²) in [7, 11) is 0. The molecule has 0 aliphatic heterocycles. The summed E-state index contributed by atoms with van der Waals surface area (Å²) >= 11 is 3.04. The largest absolute Gasteiger partial charge is 0.390 e. The lowest BCUT2D eigenvalue weighted by molar-refractivity contribution is 0.433. The van der Waals surface area contributed by atoms with E-state index in [0.717, 1.165) is 10.4 Å². The SMILES string of the molecule is Nc1sccc1-c1nc(-c2cccs2)no1. The van der Waals surface area contributed by atoms with Crippen LogP contribution in [0.5, 0.6) is 0 Å². The molecule has 0 fully saturated rings. The second-order valence-electron chi connectivity index (χ2n) is 3.10. The Hall–Kier alpha value is -1.66. The Morgan fingerprint density at radius 3 is 2.81 bits per heavy atom. The minimum absolute atomic E-state index is 0.474. The Morgan fingerprint density at radius 1 is 1.19 bits per heavy atom. The van der Waals surface area contributed by atoms with Crippen LogP contribution in [0.4, 0.5) is 5.00 Å². The molecule has 80 valence electrons. The van der Waals surface area contributed by atoms with Crippen molar-refractivity contribution in [2.24, 2.45) is 0 Å². The highest BCUT2D eigenvalue weighted by Crippen LogP contribution is 2.31. The fourth-order valence-electron chi connectivity index (χ4n) is 1.34. The third-order valence-electron chi connectivity index (χ3n) is 2.09. The molecule has 0 spiro atoms. The summed E-state index contributed by atoms with van der Waals surface area (Å²) < 4.78 is 5.19. The van der Waals surface area contributed by atoms with Gasteiger partial charge < -0.3 is 10.3 Å². The molecule has 0 unspecified atom stereocenters. The van der Waals surface area contributed by atoms with E-state index in [0.29, 0.717) is 16.7 Å². The van der Waals surface area contributed by atoms with Crippen molar-refractivity contribution in [3.63, 3.8) is 0 Å². The first-order valence-corrected chi connectivity index (χ1v) is 6.31. The summed E-state index contributed by atoms with van der Waals surface area (Å²) in [4.78, 5) is 5.30. The van der Waals surface area contributed by atoms with Gasteiger partial charge in [0.2, 0.25) is 5.82 Å². The van der Waals surface area contributed by atoms with Crippen LogP contribution in [0.15, 0.2) is 33.5 Å². The summed E-state index contributed by atoms with van der Waals surface area (Å²) in [5.41, 5.74) is 6.60. The van der Waals surface area contributed by atoms with Crippen molar-refractivity contribution in [3.8, 4) is 22.2 Å². The minimum atomic E-state index is 0.474. The van der Waals surface area contributed by atoms with Gasteiger partial charge in [0.1, 0.15) is 0 Å². The zero-order chi connectivity index (χ0) is 11.0. The Balaban J connectivity index is 2.03. The van der Waals surface area contributed by atoms with Crippen molar-refractivity contribution in [1.82, 2.24) is 10.1 Å². The number of aromatic nitrogens is 2. The zero-order valence-electron chi connectivity index (χ0n) is 8.08. The van der Waals surface area contributed by atoms with E-state index in [9.17, 15) is 0 Å². The van der Waals surface area contributed by atoms with E-state index >= 15 is 0 Å². The number of hydrogen-bond donors (Lipinski definition) is 1. The second-order valence-corrected chi connectivity index (χ2v) is 4.99.